The Hall–Kier alpha value is -0.750. The summed E-state index contributed by atoms with van der Waals surface area (Å²) in [6, 6.07) is -0.906. The topological polar surface area (TPSA) is 92.4 Å². The maximum absolute atomic E-state index is 11.4. The minimum Gasteiger partial charge on any atom is -0.480 e. The molecule has 0 saturated carbocycles. The van der Waals surface area contributed by atoms with Gasteiger partial charge in [0.25, 0.3) is 0 Å². The minimum absolute atomic E-state index is 0.0885. The highest BCUT2D eigenvalue weighted by atomic mass is 32.2. The number of aliphatic carboxylic acids is 1. The number of nitrogens with one attached hydrogen (secondary N) is 1. The zero-order valence-corrected chi connectivity index (χ0v) is 10.8. The van der Waals surface area contributed by atoms with E-state index in [1.807, 2.05) is 20.8 Å². The van der Waals surface area contributed by atoms with Crippen LogP contribution in [0.2, 0.25) is 0 Å². The first-order chi connectivity index (χ1) is 7.28. The minimum atomic E-state index is -1.04. The Labute approximate surface area is 100 Å². The van der Waals surface area contributed by atoms with Crippen molar-refractivity contribution in [3.63, 3.8) is 0 Å². The summed E-state index contributed by atoms with van der Waals surface area (Å²) in [5.74, 6) is -0.643. The number of carbonyl (C=O) groups is 2. The van der Waals surface area contributed by atoms with Gasteiger partial charge in [-0.05, 0) is 20.3 Å². The van der Waals surface area contributed by atoms with Gasteiger partial charge in [0.05, 0.1) is 5.75 Å². The molecule has 0 spiro atoms. The van der Waals surface area contributed by atoms with Crippen LogP contribution in [0.15, 0.2) is 0 Å². The summed E-state index contributed by atoms with van der Waals surface area (Å²) < 4.78 is 0. The standard InChI is InChI=1S/C10H20N2O3S/c1-4-10(2,3)12-8(13)6-16-5-7(11)9(14)15/h7H,4-6,11H2,1-3H3,(H,12,13)(H,14,15)/t7-/m0/s1. The zero-order valence-electron chi connectivity index (χ0n) is 9.95. The lowest BCUT2D eigenvalue weighted by atomic mass is 10.0. The maximum Gasteiger partial charge on any atom is 0.321 e. The molecule has 0 radical (unpaired) electrons. The molecule has 0 aromatic carbocycles. The fourth-order valence-electron chi connectivity index (χ4n) is 0.852. The number of amides is 1. The molecule has 0 aliphatic heterocycles. The summed E-state index contributed by atoms with van der Waals surface area (Å²) in [7, 11) is 0. The molecule has 6 heteroatoms. The SMILES string of the molecule is CCC(C)(C)NC(=O)CSC[C@H](N)C(=O)O. The van der Waals surface area contributed by atoms with Gasteiger partial charge in [-0.15, -0.1) is 11.8 Å². The summed E-state index contributed by atoms with van der Waals surface area (Å²) in [5, 5.41) is 11.4. The molecular weight excluding hydrogens is 228 g/mol. The van der Waals surface area contributed by atoms with Gasteiger partial charge in [0, 0.05) is 11.3 Å². The van der Waals surface area contributed by atoms with Crippen molar-refractivity contribution >= 4 is 23.6 Å². The number of carbonyl (C=O) groups excluding carboxylic acids is 1. The van der Waals surface area contributed by atoms with Gasteiger partial charge in [-0.3, -0.25) is 9.59 Å². The number of nitrogens with two attached hydrogens (primary N) is 1. The summed E-state index contributed by atoms with van der Waals surface area (Å²) >= 11 is 1.23. The van der Waals surface area contributed by atoms with Crippen molar-refractivity contribution in [2.75, 3.05) is 11.5 Å². The third-order valence-corrected chi connectivity index (χ3v) is 3.27. The van der Waals surface area contributed by atoms with Crippen LogP contribution in [0.3, 0.4) is 0 Å². The van der Waals surface area contributed by atoms with Crippen molar-refractivity contribution < 1.29 is 14.7 Å². The average molecular weight is 248 g/mol. The lowest BCUT2D eigenvalue weighted by Gasteiger charge is -2.24. The molecule has 0 bridgehead atoms. The van der Waals surface area contributed by atoms with Crippen molar-refractivity contribution in [2.24, 2.45) is 5.73 Å². The summed E-state index contributed by atoms with van der Waals surface area (Å²) in [4.78, 5) is 21.9. The molecule has 0 fully saturated rings. The number of carboxylic acids is 1. The van der Waals surface area contributed by atoms with E-state index in [0.717, 1.165) is 6.42 Å². The van der Waals surface area contributed by atoms with Gasteiger partial charge in [0.1, 0.15) is 6.04 Å². The van der Waals surface area contributed by atoms with Gasteiger partial charge in [0.2, 0.25) is 5.91 Å². The Morgan fingerprint density at radius 3 is 2.50 bits per heavy atom. The zero-order chi connectivity index (χ0) is 12.8. The first-order valence-electron chi connectivity index (χ1n) is 5.15. The van der Waals surface area contributed by atoms with Gasteiger partial charge in [-0.2, -0.15) is 0 Å². The molecule has 0 heterocycles. The van der Waals surface area contributed by atoms with E-state index in [4.69, 9.17) is 10.8 Å². The number of rotatable bonds is 7. The molecule has 0 unspecified atom stereocenters. The Kier molecular flexibility index (Phi) is 6.43. The molecule has 0 aromatic rings. The van der Waals surface area contributed by atoms with E-state index >= 15 is 0 Å². The molecule has 0 aliphatic carbocycles. The summed E-state index contributed by atoms with van der Waals surface area (Å²) in [5.41, 5.74) is 5.09. The second-order valence-electron chi connectivity index (χ2n) is 4.25. The highest BCUT2D eigenvalue weighted by Crippen LogP contribution is 2.08. The highest BCUT2D eigenvalue weighted by Gasteiger charge is 2.18. The van der Waals surface area contributed by atoms with Crippen molar-refractivity contribution in [3.05, 3.63) is 0 Å². The van der Waals surface area contributed by atoms with Crippen molar-refractivity contribution in [1.82, 2.24) is 5.32 Å². The first-order valence-corrected chi connectivity index (χ1v) is 6.31. The third-order valence-electron chi connectivity index (χ3n) is 2.21. The van der Waals surface area contributed by atoms with Gasteiger partial charge in [-0.1, -0.05) is 6.92 Å². The number of thioether (sulfide) groups is 1. The largest absolute Gasteiger partial charge is 0.480 e. The Bertz CT molecular complexity index is 256. The number of hydrogen-bond donors (Lipinski definition) is 3. The molecule has 1 amide bonds. The highest BCUT2D eigenvalue weighted by molar-refractivity contribution is 8.00. The monoisotopic (exact) mass is 248 g/mol. The van der Waals surface area contributed by atoms with Gasteiger partial charge < -0.3 is 16.2 Å². The van der Waals surface area contributed by atoms with E-state index in [1.165, 1.54) is 11.8 Å². The van der Waals surface area contributed by atoms with Gasteiger partial charge in [0.15, 0.2) is 0 Å². The Morgan fingerprint density at radius 1 is 1.50 bits per heavy atom. The van der Waals surface area contributed by atoms with Crippen LogP contribution in [-0.4, -0.2) is 40.1 Å². The molecule has 5 nitrogen and oxygen atoms in total. The fourth-order valence-corrected chi connectivity index (χ4v) is 1.62. The normalized spacial score (nSPS) is 13.2. The molecule has 0 aliphatic rings. The van der Waals surface area contributed by atoms with E-state index in [0.29, 0.717) is 0 Å². The van der Waals surface area contributed by atoms with Crippen molar-refractivity contribution in [1.29, 1.82) is 0 Å². The number of hydrogen-bond acceptors (Lipinski definition) is 4. The lowest BCUT2D eigenvalue weighted by molar-refractivity contribution is -0.138. The van der Waals surface area contributed by atoms with Crippen LogP contribution in [0.5, 0.6) is 0 Å². The van der Waals surface area contributed by atoms with Crippen LogP contribution in [0.4, 0.5) is 0 Å². The Morgan fingerprint density at radius 2 is 2.06 bits per heavy atom. The third kappa shape index (κ3) is 6.68. The smallest absolute Gasteiger partial charge is 0.321 e. The Balaban J connectivity index is 3.79. The maximum atomic E-state index is 11.4. The average Bonchev–Trinajstić information content (AvgIpc) is 2.16. The predicted octanol–water partition coefficient (Wildman–Crippen LogP) is 0.436. The van der Waals surface area contributed by atoms with Crippen LogP contribution in [-0.2, 0) is 9.59 Å². The van der Waals surface area contributed by atoms with Crippen LogP contribution in [0, 0.1) is 0 Å². The second-order valence-corrected chi connectivity index (χ2v) is 5.28. The summed E-state index contributed by atoms with van der Waals surface area (Å²) in [6.45, 7) is 5.88. The molecule has 0 aromatic heterocycles. The molecule has 16 heavy (non-hydrogen) atoms. The molecule has 0 rings (SSSR count). The van der Waals surface area contributed by atoms with Crippen molar-refractivity contribution in [3.8, 4) is 0 Å². The van der Waals surface area contributed by atoms with Crippen LogP contribution < -0.4 is 11.1 Å². The lowest BCUT2D eigenvalue weighted by Crippen LogP contribution is -2.44. The van der Waals surface area contributed by atoms with E-state index in [9.17, 15) is 9.59 Å². The van der Waals surface area contributed by atoms with Gasteiger partial charge in [-0.25, -0.2) is 0 Å². The van der Waals surface area contributed by atoms with Crippen LogP contribution in [0.25, 0.3) is 0 Å². The molecule has 0 saturated heterocycles. The molecule has 1 atom stereocenters. The van der Waals surface area contributed by atoms with E-state index in [2.05, 4.69) is 5.32 Å². The van der Waals surface area contributed by atoms with Crippen LogP contribution >= 0.6 is 11.8 Å². The number of carboxylic acid groups (broad SMARTS) is 1. The molecule has 4 N–H and O–H groups in total. The predicted molar refractivity (Wildman–Crippen MR) is 65.4 cm³/mol. The second kappa shape index (κ2) is 6.75. The van der Waals surface area contributed by atoms with Crippen molar-refractivity contribution in [2.45, 2.75) is 38.8 Å². The molecule has 94 valence electrons. The van der Waals surface area contributed by atoms with E-state index < -0.39 is 12.0 Å². The van der Waals surface area contributed by atoms with E-state index in [-0.39, 0.29) is 23.0 Å². The van der Waals surface area contributed by atoms with Crippen LogP contribution in [0.1, 0.15) is 27.2 Å². The van der Waals surface area contributed by atoms with Gasteiger partial charge >= 0.3 is 5.97 Å². The first kappa shape index (κ1) is 15.2. The van der Waals surface area contributed by atoms with E-state index in [1.54, 1.807) is 0 Å². The fraction of sp³-hybridized carbons (Fsp3) is 0.800. The molecular formula is C10H20N2O3S. The quantitative estimate of drug-likeness (QED) is 0.608. The summed E-state index contributed by atoms with van der Waals surface area (Å²) in [6.07, 6.45) is 0.845.